The number of rotatable bonds is 5. The average molecular weight is 536 g/mol. The molecule has 4 aromatic carbocycles. The van der Waals surface area contributed by atoms with Gasteiger partial charge in [0, 0.05) is 35.1 Å². The third kappa shape index (κ3) is 4.92. The van der Waals surface area contributed by atoms with E-state index in [9.17, 15) is 9.90 Å². The van der Waals surface area contributed by atoms with Crippen molar-refractivity contribution in [2.75, 3.05) is 31.2 Å². The summed E-state index contributed by atoms with van der Waals surface area (Å²) in [6.07, 6.45) is 1.62. The third-order valence-electron chi connectivity index (χ3n) is 6.95. The number of fused-ring (bicyclic) bond motifs is 1. The van der Waals surface area contributed by atoms with Crippen molar-refractivity contribution in [3.05, 3.63) is 118 Å². The number of aliphatic imine (C=N–C) groups is 1. The second-order valence-electron chi connectivity index (χ2n) is 9.33. The second kappa shape index (κ2) is 10.8. The van der Waals surface area contributed by atoms with Crippen molar-refractivity contribution >= 4 is 40.0 Å². The molecule has 1 fully saturated rings. The average Bonchev–Trinajstić information content (AvgIpc) is 2.98. The van der Waals surface area contributed by atoms with Crippen LogP contribution in [0.2, 0.25) is 5.02 Å². The number of ether oxygens (including phenoxy) is 1. The van der Waals surface area contributed by atoms with Crippen LogP contribution in [0.3, 0.4) is 0 Å². The van der Waals surface area contributed by atoms with Gasteiger partial charge in [-0.05, 0) is 47.5 Å². The molecule has 194 valence electrons. The van der Waals surface area contributed by atoms with E-state index >= 15 is 0 Å². The number of morpholine rings is 1. The Morgan fingerprint density at radius 1 is 0.795 bits per heavy atom. The summed E-state index contributed by atoms with van der Waals surface area (Å²) in [6.45, 7) is 2.51. The minimum Gasteiger partial charge on any atom is -0.494 e. The topological polar surface area (TPSA) is 67.1 Å². The summed E-state index contributed by atoms with van der Waals surface area (Å²) in [6, 6.07) is 30.7. The van der Waals surface area contributed by atoms with Crippen LogP contribution in [-0.2, 0) is 4.74 Å². The summed E-state index contributed by atoms with van der Waals surface area (Å²) >= 11 is 6.40. The first-order valence-electron chi connectivity index (χ1n) is 12.8. The molecule has 1 N–H and O–H groups in total. The molecule has 6 rings (SSSR count). The molecule has 1 aliphatic rings. The number of halogens is 1. The van der Waals surface area contributed by atoms with E-state index < -0.39 is 0 Å². The van der Waals surface area contributed by atoms with Gasteiger partial charge >= 0.3 is 0 Å². The standard InChI is InChI=1S/C32H26ClN3O3/c33-24-12-15-29(35-16-18-39-19-17-35)30(20-24)36-31(37)27-9-5-4-8-26(27)28(32(36)38)21-34-25-13-10-23(11-14-25)22-6-2-1-3-7-22/h1-15,20-21,38H,16-19H2. The monoisotopic (exact) mass is 535 g/mol. The minimum absolute atomic E-state index is 0.194. The molecule has 0 radical (unpaired) electrons. The fraction of sp³-hybridized carbons (Fsp3) is 0.125. The van der Waals surface area contributed by atoms with E-state index in [1.165, 1.54) is 4.57 Å². The van der Waals surface area contributed by atoms with E-state index in [0.29, 0.717) is 53.3 Å². The highest BCUT2D eigenvalue weighted by molar-refractivity contribution is 6.30. The highest BCUT2D eigenvalue weighted by Crippen LogP contribution is 2.33. The predicted octanol–water partition coefficient (Wildman–Crippen LogP) is 6.60. The molecule has 0 atom stereocenters. The van der Waals surface area contributed by atoms with Crippen LogP contribution in [-0.4, -0.2) is 42.2 Å². The first-order valence-corrected chi connectivity index (χ1v) is 13.2. The molecule has 39 heavy (non-hydrogen) atoms. The molecule has 0 aliphatic carbocycles. The van der Waals surface area contributed by atoms with Crippen LogP contribution in [0.5, 0.6) is 5.88 Å². The first kappa shape index (κ1) is 24.9. The number of pyridine rings is 1. The van der Waals surface area contributed by atoms with Gasteiger partial charge in [0.05, 0.1) is 35.8 Å². The Bertz CT molecular complexity index is 1720. The van der Waals surface area contributed by atoms with Gasteiger partial charge in [0.25, 0.3) is 5.56 Å². The molecule has 2 heterocycles. The normalized spacial score (nSPS) is 13.8. The fourth-order valence-corrected chi connectivity index (χ4v) is 5.14. The first-order chi connectivity index (χ1) is 19.1. The van der Waals surface area contributed by atoms with Gasteiger partial charge in [-0.3, -0.25) is 9.79 Å². The summed E-state index contributed by atoms with van der Waals surface area (Å²) in [5.74, 6) is -0.194. The molecule has 1 saturated heterocycles. The van der Waals surface area contributed by atoms with E-state index in [1.807, 2.05) is 66.7 Å². The van der Waals surface area contributed by atoms with E-state index in [-0.39, 0.29) is 11.4 Å². The Morgan fingerprint density at radius 3 is 2.21 bits per heavy atom. The Labute approximate surface area is 231 Å². The maximum Gasteiger partial charge on any atom is 0.265 e. The van der Waals surface area contributed by atoms with Crippen molar-refractivity contribution in [3.8, 4) is 22.7 Å². The number of aromatic nitrogens is 1. The van der Waals surface area contributed by atoms with Gasteiger partial charge < -0.3 is 14.7 Å². The van der Waals surface area contributed by atoms with Crippen molar-refractivity contribution in [2.45, 2.75) is 0 Å². The van der Waals surface area contributed by atoms with Gasteiger partial charge in [-0.2, -0.15) is 0 Å². The van der Waals surface area contributed by atoms with Crippen LogP contribution < -0.4 is 10.5 Å². The zero-order chi connectivity index (χ0) is 26.8. The van der Waals surface area contributed by atoms with Gasteiger partial charge in [-0.15, -0.1) is 0 Å². The Morgan fingerprint density at radius 2 is 1.46 bits per heavy atom. The van der Waals surface area contributed by atoms with Crippen LogP contribution in [0.25, 0.3) is 27.6 Å². The smallest absolute Gasteiger partial charge is 0.265 e. The summed E-state index contributed by atoms with van der Waals surface area (Å²) in [4.78, 5) is 20.6. The number of hydrogen-bond donors (Lipinski definition) is 1. The lowest BCUT2D eigenvalue weighted by Gasteiger charge is -2.31. The summed E-state index contributed by atoms with van der Waals surface area (Å²) < 4.78 is 6.85. The van der Waals surface area contributed by atoms with E-state index in [4.69, 9.17) is 16.3 Å². The predicted molar refractivity (Wildman–Crippen MR) is 158 cm³/mol. The molecule has 0 amide bonds. The number of benzene rings is 4. The van der Waals surface area contributed by atoms with Gasteiger partial charge in [-0.25, -0.2) is 4.57 Å². The maximum absolute atomic E-state index is 13.8. The van der Waals surface area contributed by atoms with E-state index in [0.717, 1.165) is 22.5 Å². The molecule has 0 spiro atoms. The molecule has 7 heteroatoms. The van der Waals surface area contributed by atoms with Crippen molar-refractivity contribution < 1.29 is 9.84 Å². The van der Waals surface area contributed by atoms with Crippen LogP contribution in [0, 0.1) is 0 Å². The zero-order valence-electron chi connectivity index (χ0n) is 21.1. The lowest BCUT2D eigenvalue weighted by molar-refractivity contribution is 0.122. The van der Waals surface area contributed by atoms with Gasteiger partial charge in [0.2, 0.25) is 5.88 Å². The van der Waals surface area contributed by atoms with Gasteiger partial charge in [0.1, 0.15) is 0 Å². The zero-order valence-corrected chi connectivity index (χ0v) is 21.9. The second-order valence-corrected chi connectivity index (χ2v) is 9.76. The Balaban J connectivity index is 1.47. The van der Waals surface area contributed by atoms with Crippen LogP contribution in [0.4, 0.5) is 11.4 Å². The number of hydrogen-bond acceptors (Lipinski definition) is 5. The quantitative estimate of drug-likeness (QED) is 0.257. The van der Waals surface area contributed by atoms with Crippen molar-refractivity contribution in [1.29, 1.82) is 0 Å². The van der Waals surface area contributed by atoms with E-state index in [1.54, 1.807) is 24.4 Å². The van der Waals surface area contributed by atoms with Crippen LogP contribution in [0.15, 0.2) is 107 Å². The minimum atomic E-state index is -0.329. The summed E-state index contributed by atoms with van der Waals surface area (Å²) in [7, 11) is 0. The molecule has 0 saturated carbocycles. The molecular weight excluding hydrogens is 510 g/mol. The molecule has 0 unspecified atom stereocenters. The molecular formula is C32H26ClN3O3. The number of nitrogens with zero attached hydrogens (tertiary/aromatic N) is 3. The molecule has 6 nitrogen and oxygen atoms in total. The van der Waals surface area contributed by atoms with Crippen LogP contribution in [0.1, 0.15) is 5.56 Å². The van der Waals surface area contributed by atoms with E-state index in [2.05, 4.69) is 22.0 Å². The number of aromatic hydroxyl groups is 1. The van der Waals surface area contributed by atoms with Crippen LogP contribution >= 0.6 is 11.6 Å². The molecule has 1 aliphatic heterocycles. The summed E-state index contributed by atoms with van der Waals surface area (Å²) in [5, 5.41) is 13.2. The van der Waals surface area contributed by atoms with Gasteiger partial charge in [0.15, 0.2) is 0 Å². The fourth-order valence-electron chi connectivity index (χ4n) is 4.97. The lowest BCUT2D eigenvalue weighted by atomic mass is 10.1. The van der Waals surface area contributed by atoms with Crippen molar-refractivity contribution in [2.24, 2.45) is 4.99 Å². The third-order valence-corrected chi connectivity index (χ3v) is 7.19. The summed E-state index contributed by atoms with van der Waals surface area (Å²) in [5.41, 5.74) is 4.38. The molecule has 0 bridgehead atoms. The maximum atomic E-state index is 13.8. The van der Waals surface area contributed by atoms with Crippen molar-refractivity contribution in [1.82, 2.24) is 4.57 Å². The lowest BCUT2D eigenvalue weighted by Crippen LogP contribution is -2.37. The van der Waals surface area contributed by atoms with Crippen molar-refractivity contribution in [3.63, 3.8) is 0 Å². The Hall–Kier alpha value is -4.39. The van der Waals surface area contributed by atoms with Gasteiger partial charge in [-0.1, -0.05) is 72.3 Å². The Kier molecular flexibility index (Phi) is 6.88. The molecule has 1 aromatic heterocycles. The number of anilines is 1. The SMILES string of the molecule is O=c1c2ccccc2c(C=Nc2ccc(-c3ccccc3)cc2)c(O)n1-c1cc(Cl)ccc1N1CCOCC1. The largest absolute Gasteiger partial charge is 0.494 e. The highest BCUT2D eigenvalue weighted by atomic mass is 35.5. The highest BCUT2D eigenvalue weighted by Gasteiger charge is 2.22. The molecule has 5 aromatic rings.